The lowest BCUT2D eigenvalue weighted by Gasteiger charge is -2.10. The Morgan fingerprint density at radius 2 is 1.77 bits per heavy atom. The van der Waals surface area contributed by atoms with Crippen molar-refractivity contribution >= 4 is 29.4 Å². The van der Waals surface area contributed by atoms with Crippen LogP contribution in [-0.2, 0) is 11.0 Å². The highest BCUT2D eigenvalue weighted by atomic mass is 19.4. The summed E-state index contributed by atoms with van der Waals surface area (Å²) in [6, 6.07) is 12.2. The van der Waals surface area contributed by atoms with E-state index in [0.29, 0.717) is 11.4 Å². The molecular formula is C21H15F3N4O2. The fourth-order valence-corrected chi connectivity index (χ4v) is 2.46. The average molecular weight is 412 g/mol. The molecule has 6 nitrogen and oxygen atoms in total. The van der Waals surface area contributed by atoms with Crippen molar-refractivity contribution in [3.8, 4) is 0 Å². The van der Waals surface area contributed by atoms with E-state index in [0.717, 1.165) is 12.1 Å². The minimum atomic E-state index is -4.50. The number of hydrogen-bond acceptors (Lipinski definition) is 4. The molecular weight excluding hydrogens is 397 g/mol. The van der Waals surface area contributed by atoms with E-state index in [1.54, 1.807) is 12.1 Å². The maximum Gasteiger partial charge on any atom is 0.416 e. The molecule has 3 aromatic rings. The van der Waals surface area contributed by atoms with E-state index >= 15 is 0 Å². The first-order valence-corrected chi connectivity index (χ1v) is 8.65. The highest BCUT2D eigenvalue weighted by Gasteiger charge is 2.30. The fourth-order valence-electron chi connectivity index (χ4n) is 2.46. The molecule has 0 aliphatic rings. The SMILES string of the molecule is O=C(/C=C/c1cccc(C(=O)Nc2cccc(C(F)(F)F)c2)c1)Nc1ccncn1. The molecule has 0 saturated carbocycles. The van der Waals surface area contributed by atoms with Gasteiger partial charge in [0.25, 0.3) is 5.91 Å². The molecule has 0 radical (unpaired) electrons. The summed E-state index contributed by atoms with van der Waals surface area (Å²) >= 11 is 0. The second-order valence-corrected chi connectivity index (χ2v) is 6.08. The van der Waals surface area contributed by atoms with Crippen LogP contribution >= 0.6 is 0 Å². The van der Waals surface area contributed by atoms with Crippen LogP contribution in [0.2, 0.25) is 0 Å². The van der Waals surface area contributed by atoms with Gasteiger partial charge < -0.3 is 10.6 Å². The van der Waals surface area contributed by atoms with E-state index in [-0.39, 0.29) is 11.3 Å². The Kier molecular flexibility index (Phi) is 6.21. The first-order valence-electron chi connectivity index (χ1n) is 8.65. The molecule has 0 bridgehead atoms. The Hall–Kier alpha value is -4.01. The van der Waals surface area contributed by atoms with Gasteiger partial charge in [0.15, 0.2) is 0 Å². The van der Waals surface area contributed by atoms with E-state index in [4.69, 9.17) is 0 Å². The third kappa shape index (κ3) is 5.74. The van der Waals surface area contributed by atoms with Crippen molar-refractivity contribution in [3.63, 3.8) is 0 Å². The Balaban J connectivity index is 1.67. The zero-order valence-corrected chi connectivity index (χ0v) is 15.4. The van der Waals surface area contributed by atoms with E-state index in [9.17, 15) is 22.8 Å². The second kappa shape index (κ2) is 8.99. The number of anilines is 2. The third-order valence-corrected chi connectivity index (χ3v) is 3.86. The number of carbonyl (C=O) groups excluding carboxylic acids is 2. The van der Waals surface area contributed by atoms with Crippen LogP contribution in [0.15, 0.2) is 73.2 Å². The number of carbonyl (C=O) groups is 2. The van der Waals surface area contributed by atoms with Gasteiger partial charge in [-0.1, -0.05) is 18.2 Å². The topological polar surface area (TPSA) is 84.0 Å². The van der Waals surface area contributed by atoms with Gasteiger partial charge in [0.1, 0.15) is 12.1 Å². The summed E-state index contributed by atoms with van der Waals surface area (Å²) in [5.74, 6) is -0.656. The second-order valence-electron chi connectivity index (χ2n) is 6.08. The zero-order valence-electron chi connectivity index (χ0n) is 15.4. The average Bonchev–Trinajstić information content (AvgIpc) is 2.73. The van der Waals surface area contributed by atoms with Gasteiger partial charge in [0.2, 0.25) is 5.91 Å². The summed E-state index contributed by atoms with van der Waals surface area (Å²) < 4.78 is 38.4. The van der Waals surface area contributed by atoms with Crippen molar-refractivity contribution < 1.29 is 22.8 Å². The number of rotatable bonds is 5. The lowest BCUT2D eigenvalue weighted by molar-refractivity contribution is -0.137. The highest BCUT2D eigenvalue weighted by Crippen LogP contribution is 2.30. The monoisotopic (exact) mass is 412 g/mol. The Morgan fingerprint density at radius 1 is 0.967 bits per heavy atom. The summed E-state index contributed by atoms with van der Waals surface area (Å²) in [5, 5.41) is 4.99. The number of halogens is 3. The predicted octanol–water partition coefficient (Wildman–Crippen LogP) is 4.40. The van der Waals surface area contributed by atoms with Crippen LogP contribution in [0.5, 0.6) is 0 Å². The zero-order chi connectivity index (χ0) is 21.6. The van der Waals surface area contributed by atoms with Gasteiger partial charge in [-0.3, -0.25) is 9.59 Å². The molecule has 2 N–H and O–H groups in total. The Labute approximate surface area is 169 Å². The number of nitrogens with zero attached hydrogens (tertiary/aromatic N) is 2. The van der Waals surface area contributed by atoms with Gasteiger partial charge in [-0.2, -0.15) is 13.2 Å². The number of amides is 2. The van der Waals surface area contributed by atoms with Gasteiger partial charge in [-0.15, -0.1) is 0 Å². The van der Waals surface area contributed by atoms with Crippen LogP contribution in [0.25, 0.3) is 6.08 Å². The summed E-state index contributed by atoms with van der Waals surface area (Å²) in [5.41, 5.74) is -0.0398. The molecule has 0 aliphatic carbocycles. The minimum Gasteiger partial charge on any atom is -0.322 e. The van der Waals surface area contributed by atoms with E-state index < -0.39 is 23.6 Å². The largest absolute Gasteiger partial charge is 0.416 e. The third-order valence-electron chi connectivity index (χ3n) is 3.86. The molecule has 1 aromatic heterocycles. The fraction of sp³-hybridized carbons (Fsp3) is 0.0476. The Bertz CT molecular complexity index is 1080. The number of benzene rings is 2. The summed E-state index contributed by atoms with van der Waals surface area (Å²) in [6.45, 7) is 0. The van der Waals surface area contributed by atoms with Crippen LogP contribution in [0, 0.1) is 0 Å². The Morgan fingerprint density at radius 3 is 2.50 bits per heavy atom. The normalized spacial score (nSPS) is 11.3. The molecule has 0 fully saturated rings. The molecule has 2 aromatic carbocycles. The number of alkyl halides is 3. The quantitative estimate of drug-likeness (QED) is 0.609. The number of nitrogens with one attached hydrogen (secondary N) is 2. The lowest BCUT2D eigenvalue weighted by Crippen LogP contribution is -2.13. The van der Waals surface area contributed by atoms with Crippen LogP contribution in [0.4, 0.5) is 24.7 Å². The van der Waals surface area contributed by atoms with E-state index in [2.05, 4.69) is 20.6 Å². The van der Waals surface area contributed by atoms with Gasteiger partial charge in [0.05, 0.1) is 5.56 Å². The van der Waals surface area contributed by atoms with Gasteiger partial charge in [-0.25, -0.2) is 9.97 Å². The molecule has 0 unspecified atom stereocenters. The molecule has 30 heavy (non-hydrogen) atoms. The molecule has 0 spiro atoms. The molecule has 2 amide bonds. The first kappa shape index (κ1) is 20.7. The van der Waals surface area contributed by atoms with Gasteiger partial charge in [0, 0.05) is 23.5 Å². The van der Waals surface area contributed by atoms with Crippen molar-refractivity contribution in [2.75, 3.05) is 10.6 Å². The van der Waals surface area contributed by atoms with Crippen molar-refractivity contribution in [2.45, 2.75) is 6.18 Å². The van der Waals surface area contributed by atoms with E-state index in [1.807, 2.05) is 0 Å². The molecule has 0 aliphatic heterocycles. The van der Waals surface area contributed by atoms with Gasteiger partial charge >= 0.3 is 6.18 Å². The summed E-state index contributed by atoms with van der Waals surface area (Å²) in [4.78, 5) is 31.9. The van der Waals surface area contributed by atoms with Crippen molar-refractivity contribution in [1.29, 1.82) is 0 Å². The first-order chi connectivity index (χ1) is 14.3. The number of hydrogen-bond donors (Lipinski definition) is 2. The van der Waals surface area contributed by atoms with Crippen LogP contribution in [0.1, 0.15) is 21.5 Å². The maximum atomic E-state index is 12.8. The van der Waals surface area contributed by atoms with Crippen molar-refractivity contribution in [3.05, 3.63) is 89.9 Å². The lowest BCUT2D eigenvalue weighted by atomic mass is 10.1. The molecule has 0 atom stereocenters. The maximum absolute atomic E-state index is 12.8. The molecule has 3 rings (SSSR count). The number of aromatic nitrogens is 2. The molecule has 152 valence electrons. The minimum absolute atomic E-state index is 0.0278. The summed E-state index contributed by atoms with van der Waals surface area (Å²) in [6.07, 6.45) is 1.05. The predicted molar refractivity (Wildman–Crippen MR) is 106 cm³/mol. The van der Waals surface area contributed by atoms with Crippen LogP contribution in [0.3, 0.4) is 0 Å². The highest BCUT2D eigenvalue weighted by molar-refractivity contribution is 6.05. The van der Waals surface area contributed by atoms with Crippen molar-refractivity contribution in [2.24, 2.45) is 0 Å². The van der Waals surface area contributed by atoms with Crippen LogP contribution in [-0.4, -0.2) is 21.8 Å². The van der Waals surface area contributed by atoms with Crippen LogP contribution < -0.4 is 10.6 Å². The summed E-state index contributed by atoms with van der Waals surface area (Å²) in [7, 11) is 0. The van der Waals surface area contributed by atoms with Gasteiger partial charge in [-0.05, 0) is 48.0 Å². The molecule has 1 heterocycles. The standard InChI is InChI=1S/C21H15F3N4O2/c22-21(23,24)16-5-2-6-17(12-16)27-20(30)15-4-1-3-14(11-15)7-8-19(29)28-18-9-10-25-13-26-18/h1-13H,(H,27,30)(H,25,26,28,29)/b8-7+. The van der Waals surface area contributed by atoms with E-state index in [1.165, 1.54) is 55.0 Å². The molecule has 0 saturated heterocycles. The molecule has 9 heteroatoms. The van der Waals surface area contributed by atoms with Crippen molar-refractivity contribution in [1.82, 2.24) is 9.97 Å². The smallest absolute Gasteiger partial charge is 0.322 e.